The van der Waals surface area contributed by atoms with E-state index in [1.165, 1.54) is 76.0 Å². The molecule has 0 aliphatic carbocycles. The molecule has 6 aromatic rings. The van der Waals surface area contributed by atoms with Gasteiger partial charge in [-0.15, -0.1) is 0 Å². The van der Waals surface area contributed by atoms with Crippen LogP contribution in [0.4, 0.5) is 0 Å². The minimum Gasteiger partial charge on any atom is -1.00 e. The van der Waals surface area contributed by atoms with Gasteiger partial charge in [0, 0.05) is 35.9 Å². The number of halogens is 1. The van der Waals surface area contributed by atoms with E-state index in [-0.39, 0.29) is 23.1 Å². The van der Waals surface area contributed by atoms with Gasteiger partial charge in [0.15, 0.2) is 0 Å². The van der Waals surface area contributed by atoms with Crippen LogP contribution in [0.15, 0.2) is 121 Å². The first kappa shape index (κ1) is 30.1. The van der Waals surface area contributed by atoms with Crippen molar-refractivity contribution in [3.8, 4) is 0 Å². The van der Waals surface area contributed by atoms with E-state index in [1.54, 1.807) is 0 Å². The first-order valence-electron chi connectivity index (χ1n) is 16.5. The number of hydrogen-bond donors (Lipinski definition) is 0. The molecule has 0 saturated carbocycles. The topological polar surface area (TPSA) is 22.1 Å². The Morgan fingerprint density at radius 2 is 1.47 bits per heavy atom. The average Bonchev–Trinajstić information content (AvgIpc) is 3.09. The smallest absolute Gasteiger partial charge is 0.135 e. The van der Waals surface area contributed by atoms with E-state index in [0.29, 0.717) is 12.6 Å². The normalized spacial score (nSPS) is 23.3. The second-order valence-corrected chi connectivity index (χ2v) is 13.2. The van der Waals surface area contributed by atoms with E-state index in [9.17, 15) is 0 Å². The molecule has 0 N–H and O–H groups in total. The highest BCUT2D eigenvalue weighted by Gasteiger charge is 2.55. The molecule has 3 fully saturated rings. The summed E-state index contributed by atoms with van der Waals surface area (Å²) in [6.45, 7) is 6.47. The lowest BCUT2D eigenvalue weighted by atomic mass is 9.70. The van der Waals surface area contributed by atoms with E-state index < -0.39 is 0 Å². The number of aromatic nitrogens is 1. The van der Waals surface area contributed by atoms with Gasteiger partial charge in [-0.05, 0) is 63.2 Å². The SMILES string of the molecule is CC[C@H]1C[N+]2(Cc3c4ccccc4cc4ccccc34)CC[C@H]1C[C@@H]2[C@@H](OCc1ccccc1)c1ccnc2ccccc12.[Br-]. The van der Waals surface area contributed by atoms with Gasteiger partial charge in [0.05, 0.1) is 25.2 Å². The van der Waals surface area contributed by atoms with Crippen LogP contribution in [0.2, 0.25) is 0 Å². The van der Waals surface area contributed by atoms with Gasteiger partial charge >= 0.3 is 0 Å². The van der Waals surface area contributed by atoms with Crippen LogP contribution in [0.1, 0.15) is 49.0 Å². The Hall–Kier alpha value is -3.57. The molecule has 228 valence electrons. The Morgan fingerprint density at radius 1 is 0.800 bits per heavy atom. The zero-order valence-electron chi connectivity index (χ0n) is 26.0. The van der Waals surface area contributed by atoms with E-state index in [4.69, 9.17) is 9.72 Å². The molecule has 1 unspecified atom stereocenters. The van der Waals surface area contributed by atoms with Gasteiger partial charge in [0.1, 0.15) is 18.7 Å². The number of hydrogen-bond acceptors (Lipinski definition) is 2. The number of fused-ring (bicyclic) bond motifs is 6. The predicted octanol–water partition coefficient (Wildman–Crippen LogP) is 6.64. The summed E-state index contributed by atoms with van der Waals surface area (Å²) in [5, 5.41) is 6.69. The molecule has 2 bridgehead atoms. The fraction of sp³-hybridized carbons (Fsp3) is 0.293. The van der Waals surface area contributed by atoms with Gasteiger partial charge in [-0.3, -0.25) is 4.98 Å². The lowest BCUT2D eigenvalue weighted by molar-refractivity contribution is -0.985. The molecule has 3 aliphatic rings. The number of nitrogens with zero attached hydrogens (tertiary/aromatic N) is 2. The summed E-state index contributed by atoms with van der Waals surface area (Å²) < 4.78 is 8.26. The molecule has 1 aromatic heterocycles. The molecule has 4 heteroatoms. The van der Waals surface area contributed by atoms with Crippen molar-refractivity contribution in [3.63, 3.8) is 0 Å². The Morgan fingerprint density at radius 3 is 2.20 bits per heavy atom. The number of para-hydroxylation sites is 1. The lowest BCUT2D eigenvalue weighted by Crippen LogP contribution is -3.00. The van der Waals surface area contributed by atoms with E-state index >= 15 is 0 Å². The highest BCUT2D eigenvalue weighted by Crippen LogP contribution is 2.50. The van der Waals surface area contributed by atoms with Crippen LogP contribution in [0.5, 0.6) is 0 Å². The Bertz CT molecular complexity index is 1880. The number of rotatable bonds is 8. The molecule has 0 amide bonds. The number of quaternary nitrogens is 1. The molecule has 0 radical (unpaired) electrons. The molecule has 3 nitrogen and oxygen atoms in total. The van der Waals surface area contributed by atoms with Gasteiger partial charge in [-0.2, -0.15) is 0 Å². The van der Waals surface area contributed by atoms with Crippen LogP contribution in [0.3, 0.4) is 0 Å². The van der Waals surface area contributed by atoms with Crippen LogP contribution in [0, 0.1) is 11.8 Å². The average molecular weight is 658 g/mol. The van der Waals surface area contributed by atoms with Gasteiger partial charge in [-0.1, -0.05) is 104 Å². The zero-order chi connectivity index (χ0) is 29.5. The quantitative estimate of drug-likeness (QED) is 0.135. The maximum Gasteiger partial charge on any atom is 0.135 e. The van der Waals surface area contributed by atoms with Crippen molar-refractivity contribution < 1.29 is 26.2 Å². The summed E-state index contributed by atoms with van der Waals surface area (Å²) >= 11 is 0. The molecule has 45 heavy (non-hydrogen) atoms. The van der Waals surface area contributed by atoms with Crippen molar-refractivity contribution in [2.75, 3.05) is 13.1 Å². The van der Waals surface area contributed by atoms with Gasteiger partial charge in [0.25, 0.3) is 0 Å². The molecule has 0 spiro atoms. The minimum atomic E-state index is -0.0232. The van der Waals surface area contributed by atoms with Crippen molar-refractivity contribution in [2.24, 2.45) is 11.8 Å². The molecule has 9 rings (SSSR count). The fourth-order valence-electron chi connectivity index (χ4n) is 8.77. The van der Waals surface area contributed by atoms with Crippen LogP contribution in [-0.2, 0) is 17.9 Å². The maximum atomic E-state index is 7.18. The number of ether oxygens (including phenoxy) is 1. The monoisotopic (exact) mass is 656 g/mol. The number of piperidine rings is 3. The third kappa shape index (κ3) is 5.48. The highest BCUT2D eigenvalue weighted by atomic mass is 79.9. The molecular weight excluding hydrogens is 616 g/mol. The van der Waals surface area contributed by atoms with Crippen molar-refractivity contribution in [1.82, 2.24) is 4.98 Å². The Kier molecular flexibility index (Phi) is 8.48. The van der Waals surface area contributed by atoms with Gasteiger partial charge in [-0.25, -0.2) is 0 Å². The standard InChI is InChI=1S/C41H41N2O.BrH/c1-2-30-26-43(27-38-34-16-8-6-14-32(34)24-33-15-7-9-17-35(33)38)23-21-31(30)25-40(43)41(44-28-29-12-4-3-5-13-29)37-20-22-42-39-19-11-10-18-36(37)39;/h3-20,22,24,30-31,40-41H,2,21,23,25-28H2,1H3;1H/q+1;/p-1/t30-,31-,40+,41-,43?;/m0./s1. The summed E-state index contributed by atoms with van der Waals surface area (Å²) in [5.74, 6) is 1.51. The van der Waals surface area contributed by atoms with Crippen molar-refractivity contribution in [2.45, 2.75) is 51.5 Å². The molecular formula is C41H41BrN2O. The lowest BCUT2D eigenvalue weighted by Gasteiger charge is -2.59. The second-order valence-electron chi connectivity index (χ2n) is 13.2. The number of benzene rings is 5. The highest BCUT2D eigenvalue weighted by molar-refractivity contribution is 6.02. The van der Waals surface area contributed by atoms with E-state index in [1.807, 2.05) is 6.20 Å². The maximum absolute atomic E-state index is 7.18. The number of pyridine rings is 1. The van der Waals surface area contributed by atoms with E-state index in [0.717, 1.165) is 28.4 Å². The third-order valence-electron chi connectivity index (χ3n) is 10.9. The van der Waals surface area contributed by atoms with Crippen LogP contribution in [-0.4, -0.2) is 28.6 Å². The first-order valence-corrected chi connectivity index (χ1v) is 16.5. The molecule has 4 heterocycles. The van der Waals surface area contributed by atoms with Crippen LogP contribution >= 0.6 is 0 Å². The Labute approximate surface area is 277 Å². The van der Waals surface area contributed by atoms with Crippen LogP contribution < -0.4 is 17.0 Å². The fourth-order valence-corrected chi connectivity index (χ4v) is 8.77. The second kappa shape index (κ2) is 12.7. The summed E-state index contributed by atoms with van der Waals surface area (Å²) in [6.07, 6.45) is 5.73. The summed E-state index contributed by atoms with van der Waals surface area (Å²) in [4.78, 5) is 4.75. The van der Waals surface area contributed by atoms with Crippen LogP contribution in [0.25, 0.3) is 32.4 Å². The van der Waals surface area contributed by atoms with E-state index in [2.05, 4.69) is 122 Å². The third-order valence-corrected chi connectivity index (χ3v) is 10.9. The van der Waals surface area contributed by atoms with Gasteiger partial charge < -0.3 is 26.2 Å². The minimum absolute atomic E-state index is 0. The van der Waals surface area contributed by atoms with Crippen molar-refractivity contribution in [3.05, 3.63) is 138 Å². The largest absolute Gasteiger partial charge is 1.00 e. The molecule has 3 aliphatic heterocycles. The summed E-state index contributed by atoms with van der Waals surface area (Å²) in [5.41, 5.74) is 5.06. The summed E-state index contributed by atoms with van der Waals surface area (Å²) in [7, 11) is 0. The Balaban J connectivity index is 0.00000325. The molecule has 5 aromatic carbocycles. The van der Waals surface area contributed by atoms with Gasteiger partial charge in [0.2, 0.25) is 0 Å². The molecule has 5 atom stereocenters. The van der Waals surface area contributed by atoms with Crippen molar-refractivity contribution in [1.29, 1.82) is 0 Å². The molecule has 3 saturated heterocycles. The van der Waals surface area contributed by atoms with Crippen molar-refractivity contribution >= 4 is 32.4 Å². The first-order chi connectivity index (χ1) is 21.7. The summed E-state index contributed by atoms with van der Waals surface area (Å²) in [6, 6.07) is 42.3. The predicted molar refractivity (Wildman–Crippen MR) is 181 cm³/mol. The zero-order valence-corrected chi connectivity index (χ0v) is 27.6.